The molecule has 1 aliphatic heterocycles. The van der Waals surface area contributed by atoms with Crippen LogP contribution in [0, 0.1) is 0 Å². The Morgan fingerprint density at radius 3 is 2.85 bits per heavy atom. The van der Waals surface area contributed by atoms with Crippen LogP contribution in [0.25, 0.3) is 0 Å². The van der Waals surface area contributed by atoms with E-state index in [-0.39, 0.29) is 19.3 Å². The molecule has 0 aliphatic carbocycles. The van der Waals surface area contributed by atoms with E-state index in [1.165, 1.54) is 0 Å². The normalized spacial score (nSPS) is 28.2. The van der Waals surface area contributed by atoms with Crippen molar-refractivity contribution >= 4 is 11.9 Å². The predicted molar refractivity (Wildman–Crippen MR) is 42.0 cm³/mol. The van der Waals surface area contributed by atoms with E-state index >= 15 is 0 Å². The molecule has 0 amide bonds. The molecule has 0 radical (unpaired) electrons. The number of hydrogen-bond donors (Lipinski definition) is 2. The third kappa shape index (κ3) is 3.42. The van der Waals surface area contributed by atoms with Crippen LogP contribution >= 0.6 is 0 Å². The summed E-state index contributed by atoms with van der Waals surface area (Å²) in [7, 11) is 0. The average Bonchev–Trinajstić information content (AvgIpc) is 1.99. The highest BCUT2D eigenvalue weighted by Crippen LogP contribution is 2.18. The summed E-state index contributed by atoms with van der Waals surface area (Å²) in [6, 6.07) is 0. The van der Waals surface area contributed by atoms with E-state index in [0.717, 1.165) is 0 Å². The van der Waals surface area contributed by atoms with E-state index in [9.17, 15) is 9.59 Å². The summed E-state index contributed by atoms with van der Waals surface area (Å²) in [5.41, 5.74) is 0. The molecule has 5 heteroatoms. The molecule has 1 fully saturated rings. The number of ether oxygens (including phenoxy) is 1. The number of hydrogen-bond acceptors (Lipinski definition) is 4. The van der Waals surface area contributed by atoms with Gasteiger partial charge in [-0.1, -0.05) is 0 Å². The molecule has 1 saturated heterocycles. The minimum Gasteiger partial charge on any atom is -0.481 e. The summed E-state index contributed by atoms with van der Waals surface area (Å²) < 4.78 is 4.84. The maximum atomic E-state index is 10.8. The Kier molecular flexibility index (Phi) is 3.25. The molecule has 0 bridgehead atoms. The molecule has 0 aromatic heterocycles. The van der Waals surface area contributed by atoms with Gasteiger partial charge in [0.15, 0.2) is 0 Å². The fourth-order valence-corrected chi connectivity index (χ4v) is 1.32. The number of esters is 1. The number of carbonyl (C=O) groups is 2. The highest BCUT2D eigenvalue weighted by Gasteiger charge is 2.27. The highest BCUT2D eigenvalue weighted by atomic mass is 16.5. The van der Waals surface area contributed by atoms with Crippen molar-refractivity contribution in [3.05, 3.63) is 0 Å². The number of aliphatic hydroxyl groups excluding tert-OH is 1. The lowest BCUT2D eigenvalue weighted by atomic mass is 10.0. The standard InChI is InChI=1S/C8H12O5/c9-5-3-6(1-2-7(10)11)13-8(12)4-5/h5-6,9H,1-4H2,(H,10,11)/t5-,6+/m1/s1. The molecule has 13 heavy (non-hydrogen) atoms. The third-order valence-electron chi connectivity index (χ3n) is 1.92. The summed E-state index contributed by atoms with van der Waals surface area (Å²) in [5.74, 6) is -1.37. The molecule has 5 nitrogen and oxygen atoms in total. The van der Waals surface area contributed by atoms with Gasteiger partial charge in [-0.3, -0.25) is 9.59 Å². The maximum Gasteiger partial charge on any atom is 0.308 e. The Morgan fingerprint density at radius 1 is 1.62 bits per heavy atom. The van der Waals surface area contributed by atoms with Crippen LogP contribution < -0.4 is 0 Å². The molecule has 1 aliphatic rings. The predicted octanol–water partition coefficient (Wildman–Crippen LogP) is -0.0823. The molecule has 0 spiro atoms. The van der Waals surface area contributed by atoms with Crippen LogP contribution in [0.15, 0.2) is 0 Å². The van der Waals surface area contributed by atoms with Gasteiger partial charge in [0.05, 0.1) is 12.5 Å². The van der Waals surface area contributed by atoms with Crippen molar-refractivity contribution in [2.45, 2.75) is 37.9 Å². The van der Waals surface area contributed by atoms with Crippen LogP contribution in [0.2, 0.25) is 0 Å². The highest BCUT2D eigenvalue weighted by molar-refractivity contribution is 5.71. The number of rotatable bonds is 3. The van der Waals surface area contributed by atoms with Crippen molar-refractivity contribution < 1.29 is 24.5 Å². The van der Waals surface area contributed by atoms with E-state index < -0.39 is 24.1 Å². The molecule has 1 rings (SSSR count). The summed E-state index contributed by atoms with van der Waals surface area (Å²) in [4.78, 5) is 21.0. The minimum absolute atomic E-state index is 0.0174. The Bertz CT molecular complexity index is 213. The number of carboxylic acids is 1. The van der Waals surface area contributed by atoms with E-state index in [4.69, 9.17) is 14.9 Å². The summed E-state index contributed by atoms with van der Waals surface area (Å²) >= 11 is 0. The molecule has 0 saturated carbocycles. The number of aliphatic carboxylic acids is 1. The summed E-state index contributed by atoms with van der Waals surface area (Å²) in [5, 5.41) is 17.5. The SMILES string of the molecule is O=C(O)CC[C@H]1C[C@@H](O)CC(=O)O1. The number of aliphatic hydroxyl groups is 1. The molecular weight excluding hydrogens is 176 g/mol. The zero-order valence-electron chi connectivity index (χ0n) is 7.10. The Hall–Kier alpha value is -1.10. The monoisotopic (exact) mass is 188 g/mol. The zero-order chi connectivity index (χ0) is 9.84. The van der Waals surface area contributed by atoms with Crippen LogP contribution in [-0.4, -0.2) is 34.4 Å². The van der Waals surface area contributed by atoms with Crippen molar-refractivity contribution in [1.82, 2.24) is 0 Å². The van der Waals surface area contributed by atoms with Gasteiger partial charge in [-0.25, -0.2) is 0 Å². The molecule has 2 atom stereocenters. The van der Waals surface area contributed by atoms with Gasteiger partial charge in [-0.05, 0) is 6.42 Å². The van der Waals surface area contributed by atoms with Gasteiger partial charge in [0.25, 0.3) is 0 Å². The lowest BCUT2D eigenvalue weighted by molar-refractivity contribution is -0.161. The smallest absolute Gasteiger partial charge is 0.308 e. The van der Waals surface area contributed by atoms with Crippen molar-refractivity contribution in [3.63, 3.8) is 0 Å². The first kappa shape index (κ1) is 9.98. The second kappa shape index (κ2) is 4.23. The van der Waals surface area contributed by atoms with E-state index in [2.05, 4.69) is 0 Å². The van der Waals surface area contributed by atoms with E-state index in [1.54, 1.807) is 0 Å². The Labute approximate surface area is 75.3 Å². The molecular formula is C8H12O5. The largest absolute Gasteiger partial charge is 0.481 e. The first-order valence-corrected chi connectivity index (χ1v) is 4.17. The maximum absolute atomic E-state index is 10.8. The van der Waals surface area contributed by atoms with Crippen LogP contribution in [0.1, 0.15) is 25.7 Å². The zero-order valence-corrected chi connectivity index (χ0v) is 7.10. The Balaban J connectivity index is 2.33. The summed E-state index contributed by atoms with van der Waals surface area (Å²) in [6.45, 7) is 0. The van der Waals surface area contributed by atoms with Gasteiger partial charge in [0.2, 0.25) is 0 Å². The fourth-order valence-electron chi connectivity index (χ4n) is 1.32. The van der Waals surface area contributed by atoms with Crippen LogP contribution in [0.5, 0.6) is 0 Å². The molecule has 0 aromatic carbocycles. The van der Waals surface area contributed by atoms with Crippen LogP contribution in [0.3, 0.4) is 0 Å². The number of carboxylic acid groups (broad SMARTS) is 1. The summed E-state index contributed by atoms with van der Waals surface area (Å²) in [6.07, 6.45) is -0.516. The van der Waals surface area contributed by atoms with Gasteiger partial charge in [-0.15, -0.1) is 0 Å². The number of carbonyl (C=O) groups excluding carboxylic acids is 1. The van der Waals surface area contributed by atoms with Crippen molar-refractivity contribution in [2.75, 3.05) is 0 Å². The topological polar surface area (TPSA) is 83.8 Å². The van der Waals surface area contributed by atoms with Gasteiger partial charge in [0, 0.05) is 12.8 Å². The molecule has 2 N–H and O–H groups in total. The molecule has 0 unspecified atom stereocenters. The van der Waals surface area contributed by atoms with Crippen molar-refractivity contribution in [3.8, 4) is 0 Å². The van der Waals surface area contributed by atoms with Crippen LogP contribution in [-0.2, 0) is 14.3 Å². The van der Waals surface area contributed by atoms with E-state index in [1.807, 2.05) is 0 Å². The Morgan fingerprint density at radius 2 is 2.31 bits per heavy atom. The quantitative estimate of drug-likeness (QED) is 0.605. The van der Waals surface area contributed by atoms with Crippen molar-refractivity contribution in [1.29, 1.82) is 0 Å². The van der Waals surface area contributed by atoms with Crippen LogP contribution in [0.4, 0.5) is 0 Å². The first-order valence-electron chi connectivity index (χ1n) is 4.17. The number of cyclic esters (lactones) is 1. The van der Waals surface area contributed by atoms with Crippen molar-refractivity contribution in [2.24, 2.45) is 0 Å². The second-order valence-corrected chi connectivity index (χ2v) is 3.14. The average molecular weight is 188 g/mol. The van der Waals surface area contributed by atoms with E-state index in [0.29, 0.717) is 6.42 Å². The molecule has 0 aromatic rings. The molecule has 1 heterocycles. The van der Waals surface area contributed by atoms with Gasteiger partial charge < -0.3 is 14.9 Å². The third-order valence-corrected chi connectivity index (χ3v) is 1.92. The molecule has 74 valence electrons. The van der Waals surface area contributed by atoms with Gasteiger partial charge >= 0.3 is 11.9 Å². The second-order valence-electron chi connectivity index (χ2n) is 3.14. The minimum atomic E-state index is -0.920. The lowest BCUT2D eigenvalue weighted by Gasteiger charge is -2.25. The van der Waals surface area contributed by atoms with Gasteiger partial charge in [-0.2, -0.15) is 0 Å². The fraction of sp³-hybridized carbons (Fsp3) is 0.750. The lowest BCUT2D eigenvalue weighted by Crippen LogP contribution is -2.32. The van der Waals surface area contributed by atoms with Gasteiger partial charge in [0.1, 0.15) is 6.10 Å². The first-order chi connectivity index (χ1) is 6.08.